The second-order valence-corrected chi connectivity index (χ2v) is 8.81. The minimum Gasteiger partial charge on any atom is -0.399 e. The van der Waals surface area contributed by atoms with Gasteiger partial charge in [-0.05, 0) is 43.5 Å². The van der Waals surface area contributed by atoms with Crippen molar-refractivity contribution < 1.29 is 22.7 Å². The Morgan fingerprint density at radius 1 is 1.30 bits per heavy atom. The summed E-state index contributed by atoms with van der Waals surface area (Å²) in [6.07, 6.45) is -3.10. The summed E-state index contributed by atoms with van der Waals surface area (Å²) in [5, 5.41) is 3.21. The maximum Gasteiger partial charge on any atom is 0.416 e. The Bertz CT molecular complexity index is 1200. The molecule has 33 heavy (non-hydrogen) atoms. The Balaban J connectivity index is 1.54. The fourth-order valence-electron chi connectivity index (χ4n) is 4.57. The highest BCUT2D eigenvalue weighted by Gasteiger charge is 2.53. The van der Waals surface area contributed by atoms with E-state index in [0.29, 0.717) is 49.5 Å². The summed E-state index contributed by atoms with van der Waals surface area (Å²) < 4.78 is 47.3. The van der Waals surface area contributed by atoms with Gasteiger partial charge in [-0.1, -0.05) is 0 Å². The first-order chi connectivity index (χ1) is 15.6. The quantitative estimate of drug-likeness (QED) is 0.681. The van der Waals surface area contributed by atoms with Crippen LogP contribution in [0.15, 0.2) is 23.2 Å². The molecule has 3 N–H and O–H groups in total. The lowest BCUT2D eigenvalue weighted by molar-refractivity contribution is -0.145. The van der Waals surface area contributed by atoms with Gasteiger partial charge in [-0.3, -0.25) is 9.79 Å². The molecule has 1 atom stereocenters. The van der Waals surface area contributed by atoms with Crippen molar-refractivity contribution in [2.24, 2.45) is 4.99 Å². The minimum atomic E-state index is -4.50. The van der Waals surface area contributed by atoms with Crippen LogP contribution in [-0.2, 0) is 35.3 Å². The molecule has 3 heterocycles. The number of nitrogen functional groups attached to an aromatic ring is 1. The molecule has 0 bridgehead atoms. The molecule has 2 aromatic rings. The lowest BCUT2D eigenvalue weighted by atomic mass is 10.0. The second-order valence-electron chi connectivity index (χ2n) is 8.81. The third-order valence-corrected chi connectivity index (χ3v) is 6.59. The van der Waals surface area contributed by atoms with Crippen molar-refractivity contribution in [3.63, 3.8) is 0 Å². The molecule has 176 valence electrons. The third-order valence-electron chi connectivity index (χ3n) is 6.59. The van der Waals surface area contributed by atoms with Gasteiger partial charge in [0.2, 0.25) is 5.95 Å². The number of anilines is 2. The number of methoxy groups -OCH3 is 1. The van der Waals surface area contributed by atoms with E-state index >= 15 is 0 Å². The summed E-state index contributed by atoms with van der Waals surface area (Å²) in [5.74, 6) is 0.594. The molecule has 3 aliphatic rings. The zero-order valence-corrected chi connectivity index (χ0v) is 18.4. The highest BCUT2D eigenvalue weighted by Crippen LogP contribution is 2.42. The van der Waals surface area contributed by atoms with E-state index in [1.54, 1.807) is 18.9 Å². The van der Waals surface area contributed by atoms with Crippen molar-refractivity contribution >= 4 is 17.5 Å². The fourth-order valence-corrected chi connectivity index (χ4v) is 4.57. The number of nitrogens with zero attached hydrogens (tertiary/aromatic N) is 4. The van der Waals surface area contributed by atoms with E-state index in [0.717, 1.165) is 29.9 Å². The van der Waals surface area contributed by atoms with Gasteiger partial charge in [-0.15, -0.1) is 0 Å². The molecule has 2 aliphatic heterocycles. The van der Waals surface area contributed by atoms with E-state index in [2.05, 4.69) is 15.3 Å². The van der Waals surface area contributed by atoms with Crippen LogP contribution in [0.4, 0.5) is 24.8 Å². The Morgan fingerprint density at radius 3 is 2.73 bits per heavy atom. The zero-order chi connectivity index (χ0) is 23.5. The number of nitrogens with two attached hydrogens (primary N) is 1. The van der Waals surface area contributed by atoms with E-state index in [1.165, 1.54) is 6.07 Å². The van der Waals surface area contributed by atoms with Crippen LogP contribution in [0.25, 0.3) is 0 Å². The lowest BCUT2D eigenvalue weighted by Gasteiger charge is -2.21. The number of alkyl halides is 3. The topological polar surface area (TPSA) is 97.8 Å². The minimum absolute atomic E-state index is 0.0253. The van der Waals surface area contributed by atoms with Crippen LogP contribution in [0.2, 0.25) is 0 Å². The Hall–Kier alpha value is -3.08. The zero-order valence-electron chi connectivity index (χ0n) is 18.4. The molecule has 11 heteroatoms. The smallest absolute Gasteiger partial charge is 0.399 e. The number of carbonyl (C=O) groups excluding carboxylic acids is 1. The van der Waals surface area contributed by atoms with Crippen LogP contribution in [0.5, 0.6) is 0 Å². The SMILES string of the molecule is COC1(C(=O)N2Cc3c(n4c(nc3=N[C@H](C)c3cc(N)cc(C(F)(F)F)c3)NCC4)C2)CC1. The number of rotatable bonds is 4. The van der Waals surface area contributed by atoms with E-state index in [-0.39, 0.29) is 11.6 Å². The largest absolute Gasteiger partial charge is 0.416 e. The van der Waals surface area contributed by atoms with Crippen molar-refractivity contribution in [3.8, 4) is 0 Å². The Morgan fingerprint density at radius 2 is 2.06 bits per heavy atom. The van der Waals surface area contributed by atoms with Crippen molar-refractivity contribution in [2.45, 2.75) is 57.2 Å². The van der Waals surface area contributed by atoms with E-state index in [1.807, 2.05) is 4.57 Å². The van der Waals surface area contributed by atoms with Gasteiger partial charge < -0.3 is 25.3 Å². The normalized spacial score (nSPS) is 19.8. The van der Waals surface area contributed by atoms with Crippen LogP contribution < -0.4 is 16.5 Å². The summed E-state index contributed by atoms with van der Waals surface area (Å²) in [7, 11) is 1.55. The predicted molar refractivity (Wildman–Crippen MR) is 114 cm³/mol. The van der Waals surface area contributed by atoms with Crippen LogP contribution in [0.1, 0.15) is 48.2 Å². The van der Waals surface area contributed by atoms with Crippen LogP contribution in [0, 0.1) is 0 Å². The van der Waals surface area contributed by atoms with Crippen molar-refractivity contribution in [1.82, 2.24) is 14.5 Å². The first-order valence-electron chi connectivity index (χ1n) is 10.8. The number of carbonyl (C=O) groups is 1. The van der Waals surface area contributed by atoms with Gasteiger partial charge in [0.05, 0.1) is 24.7 Å². The van der Waals surface area contributed by atoms with E-state index in [4.69, 9.17) is 10.5 Å². The summed E-state index contributed by atoms with van der Waals surface area (Å²) in [5.41, 5.74) is 6.75. The molecule has 1 amide bonds. The molecule has 1 aromatic heterocycles. The average Bonchev–Trinajstić information content (AvgIpc) is 3.20. The fraction of sp³-hybridized carbons (Fsp3) is 0.500. The molecule has 0 unspecified atom stereocenters. The number of hydrogen-bond donors (Lipinski definition) is 2. The van der Waals surface area contributed by atoms with Gasteiger partial charge in [0.15, 0.2) is 5.49 Å². The number of aromatic nitrogens is 2. The molecule has 0 saturated heterocycles. The molecule has 1 aromatic carbocycles. The molecule has 8 nitrogen and oxygen atoms in total. The number of halogens is 3. The van der Waals surface area contributed by atoms with Gasteiger partial charge in [0.25, 0.3) is 5.91 Å². The predicted octanol–water partition coefficient (Wildman–Crippen LogP) is 2.59. The maximum absolute atomic E-state index is 13.3. The van der Waals surface area contributed by atoms with Crippen molar-refractivity contribution in [2.75, 3.05) is 24.7 Å². The van der Waals surface area contributed by atoms with Crippen LogP contribution in [0.3, 0.4) is 0 Å². The Kier molecular flexibility index (Phi) is 4.93. The highest BCUT2D eigenvalue weighted by atomic mass is 19.4. The molecule has 1 aliphatic carbocycles. The molecule has 0 radical (unpaired) electrons. The van der Waals surface area contributed by atoms with Crippen molar-refractivity contribution in [3.05, 3.63) is 46.1 Å². The lowest BCUT2D eigenvalue weighted by Crippen LogP contribution is -2.38. The van der Waals surface area contributed by atoms with E-state index in [9.17, 15) is 18.0 Å². The molecule has 0 spiro atoms. The summed E-state index contributed by atoms with van der Waals surface area (Å²) in [6, 6.07) is 2.86. The van der Waals surface area contributed by atoms with Gasteiger partial charge in [0, 0.05) is 37.1 Å². The average molecular weight is 462 g/mol. The monoisotopic (exact) mass is 462 g/mol. The highest BCUT2D eigenvalue weighted by molar-refractivity contribution is 5.88. The Labute approximate surface area is 188 Å². The van der Waals surface area contributed by atoms with Crippen LogP contribution >= 0.6 is 0 Å². The molecule has 1 saturated carbocycles. The molecule has 1 fully saturated rings. The van der Waals surface area contributed by atoms with Gasteiger partial charge >= 0.3 is 6.18 Å². The standard InChI is InChI=1S/C22H25F3N6O2/c1-12(13-7-14(22(23,24)25)9-15(26)8-13)28-18-16-10-30(19(32)21(33-2)3-4-21)11-17(16)31-6-5-27-20(31)29-18/h7-9,12H,3-6,10-11,26H2,1-2H3,(H,27,28,29)/t12-/m1/s1. The third kappa shape index (κ3) is 3.73. The number of nitrogens with one attached hydrogen (secondary N) is 1. The maximum atomic E-state index is 13.3. The molecule has 5 rings (SSSR count). The number of fused-ring (bicyclic) bond motifs is 3. The van der Waals surface area contributed by atoms with Gasteiger partial charge in [-0.25, -0.2) is 0 Å². The van der Waals surface area contributed by atoms with E-state index < -0.39 is 23.4 Å². The second kappa shape index (κ2) is 7.47. The number of hydrogen-bond acceptors (Lipinski definition) is 6. The molecular weight excluding hydrogens is 437 g/mol. The van der Waals surface area contributed by atoms with Crippen molar-refractivity contribution in [1.29, 1.82) is 0 Å². The first kappa shape index (κ1) is 21.7. The summed E-state index contributed by atoms with van der Waals surface area (Å²) in [4.78, 5) is 24.1. The molecular formula is C22H25F3N6O2. The van der Waals surface area contributed by atoms with Gasteiger partial charge in [-0.2, -0.15) is 18.2 Å². The van der Waals surface area contributed by atoms with Crippen LogP contribution in [-0.4, -0.2) is 39.6 Å². The van der Waals surface area contributed by atoms with Gasteiger partial charge in [0.1, 0.15) is 5.60 Å². The first-order valence-corrected chi connectivity index (χ1v) is 10.8. The summed E-state index contributed by atoms with van der Waals surface area (Å²) in [6.45, 7) is 3.90. The number of ether oxygens (including phenoxy) is 1. The number of amides is 1. The summed E-state index contributed by atoms with van der Waals surface area (Å²) >= 11 is 0. The number of benzene rings is 1.